The minimum Gasteiger partial charge on any atom is -0.446 e. The third-order valence-corrected chi connectivity index (χ3v) is 4.14. The highest BCUT2D eigenvalue weighted by Gasteiger charge is 2.37. The molecule has 0 spiro atoms. The molecule has 3 N–H and O–H groups in total. The fourth-order valence-corrected chi connectivity index (χ4v) is 2.89. The third-order valence-electron chi connectivity index (χ3n) is 4.14. The maximum absolute atomic E-state index is 12.9. The van der Waals surface area contributed by atoms with Gasteiger partial charge in [0.25, 0.3) is 5.91 Å². The molecule has 3 rings (SSSR count). The number of aliphatic hydroxyl groups is 2. The number of H-pyrrole nitrogens is 1. The summed E-state index contributed by atoms with van der Waals surface area (Å²) in [6, 6.07) is 8.91. The first-order chi connectivity index (χ1) is 12.4. The number of carbonyl (C=O) groups excluding carboxylic acids is 2. The maximum Gasteiger partial charge on any atom is 0.421 e. The van der Waals surface area contributed by atoms with E-state index in [2.05, 4.69) is 4.98 Å². The number of ether oxygens (including phenoxy) is 1. The number of imide groups is 1. The van der Waals surface area contributed by atoms with Crippen molar-refractivity contribution in [1.82, 2.24) is 4.98 Å². The van der Waals surface area contributed by atoms with E-state index in [1.54, 1.807) is 30.3 Å². The van der Waals surface area contributed by atoms with E-state index >= 15 is 0 Å². The molecule has 0 fully saturated rings. The van der Waals surface area contributed by atoms with Crippen LogP contribution in [0.15, 0.2) is 30.3 Å². The van der Waals surface area contributed by atoms with Gasteiger partial charge in [-0.2, -0.15) is 0 Å². The summed E-state index contributed by atoms with van der Waals surface area (Å²) in [5, 5.41) is 18.2. The quantitative estimate of drug-likeness (QED) is 0.727. The van der Waals surface area contributed by atoms with Crippen molar-refractivity contribution in [2.24, 2.45) is 0 Å². The van der Waals surface area contributed by atoms with Gasteiger partial charge < -0.3 is 19.9 Å². The predicted octanol–water partition coefficient (Wildman–Crippen LogP) is 2.01. The van der Waals surface area contributed by atoms with Gasteiger partial charge in [0, 0.05) is 17.0 Å². The van der Waals surface area contributed by atoms with E-state index in [1.807, 2.05) is 19.9 Å². The molecule has 7 nitrogen and oxygen atoms in total. The van der Waals surface area contributed by atoms with Gasteiger partial charge in [-0.05, 0) is 37.6 Å². The van der Waals surface area contributed by atoms with Crippen molar-refractivity contribution in [1.29, 1.82) is 0 Å². The van der Waals surface area contributed by atoms with Gasteiger partial charge in [0.15, 0.2) is 0 Å². The number of nitrogens with zero attached hydrogens (tertiary/aromatic N) is 1. The number of amides is 2. The number of nitrogens with one attached hydrogen (secondary N) is 1. The molecule has 136 valence electrons. The average molecular weight is 356 g/mol. The van der Waals surface area contributed by atoms with Crippen molar-refractivity contribution in [3.8, 4) is 0 Å². The van der Waals surface area contributed by atoms with Crippen LogP contribution in [0.4, 0.5) is 10.5 Å². The van der Waals surface area contributed by atoms with Crippen molar-refractivity contribution in [3.05, 3.63) is 52.8 Å². The fraction of sp³-hybridized carbons (Fsp3) is 0.263. The highest BCUT2D eigenvalue weighted by Crippen LogP contribution is 2.38. The van der Waals surface area contributed by atoms with Crippen LogP contribution in [0.3, 0.4) is 0 Å². The number of aromatic nitrogens is 1. The fourth-order valence-electron chi connectivity index (χ4n) is 2.89. The molecule has 0 saturated carbocycles. The summed E-state index contributed by atoms with van der Waals surface area (Å²) in [7, 11) is 0. The number of carbonyl (C=O) groups is 2. The number of aromatic amines is 1. The number of fused-ring (bicyclic) bond motifs is 1. The van der Waals surface area contributed by atoms with Crippen LogP contribution in [0, 0.1) is 13.8 Å². The Morgan fingerprint density at radius 2 is 2.08 bits per heavy atom. The molecule has 0 radical (unpaired) electrons. The Bertz CT molecular complexity index is 884. The van der Waals surface area contributed by atoms with Crippen molar-refractivity contribution in [2.75, 3.05) is 18.1 Å². The molecule has 1 aromatic carbocycles. The Morgan fingerprint density at radius 1 is 1.35 bits per heavy atom. The molecule has 1 aliphatic heterocycles. The summed E-state index contributed by atoms with van der Waals surface area (Å²) in [6.07, 6.45) is -0.358. The van der Waals surface area contributed by atoms with E-state index in [1.165, 1.54) is 0 Å². The Hall–Kier alpha value is -2.90. The van der Waals surface area contributed by atoms with Gasteiger partial charge in [-0.15, -0.1) is 0 Å². The maximum atomic E-state index is 12.9. The molecule has 2 amide bonds. The van der Waals surface area contributed by atoms with Crippen LogP contribution < -0.4 is 4.90 Å². The Kier molecular flexibility index (Phi) is 4.92. The van der Waals surface area contributed by atoms with Gasteiger partial charge >= 0.3 is 6.09 Å². The summed E-state index contributed by atoms with van der Waals surface area (Å²) in [4.78, 5) is 29.4. The number of para-hydroxylation sites is 1. The number of hydrogen-bond donors (Lipinski definition) is 3. The highest BCUT2D eigenvalue weighted by molar-refractivity contribution is 6.41. The molecular formula is C19H20N2O5. The minimum absolute atomic E-state index is 0.380. The molecule has 7 heteroatoms. The first-order valence-electron chi connectivity index (χ1n) is 8.19. The molecule has 1 aromatic heterocycles. The number of hydrogen-bond acceptors (Lipinski definition) is 5. The normalized spacial score (nSPS) is 16.1. The van der Waals surface area contributed by atoms with Crippen molar-refractivity contribution >= 4 is 29.3 Å². The molecular weight excluding hydrogens is 336 g/mol. The zero-order chi connectivity index (χ0) is 18.8. The van der Waals surface area contributed by atoms with E-state index < -0.39 is 31.3 Å². The smallest absolute Gasteiger partial charge is 0.421 e. The monoisotopic (exact) mass is 356 g/mol. The van der Waals surface area contributed by atoms with E-state index in [0.717, 1.165) is 21.9 Å². The molecule has 26 heavy (non-hydrogen) atoms. The minimum atomic E-state index is -1.19. The summed E-state index contributed by atoms with van der Waals surface area (Å²) >= 11 is 0. The summed E-state index contributed by atoms with van der Waals surface area (Å²) in [6.45, 7) is 2.93. The largest absolute Gasteiger partial charge is 0.446 e. The molecule has 0 aliphatic carbocycles. The zero-order valence-electron chi connectivity index (χ0n) is 14.5. The van der Waals surface area contributed by atoms with Gasteiger partial charge in [-0.1, -0.05) is 18.2 Å². The predicted molar refractivity (Wildman–Crippen MR) is 96.5 cm³/mol. The standard InChI is InChI=1S/C19H20N2O5/c1-11-7-12(2)20-16(11)8-15-14-5-3-4-6-17(14)21(18(15)24)19(25)26-10-13(23)9-22/h3-8,13,20,22-23H,9-10H2,1-2H3. The molecule has 2 aromatic rings. The van der Waals surface area contributed by atoms with Gasteiger partial charge in [0.1, 0.15) is 12.7 Å². The van der Waals surface area contributed by atoms with Gasteiger partial charge in [0.2, 0.25) is 0 Å². The van der Waals surface area contributed by atoms with Crippen LogP contribution in [0.1, 0.15) is 22.5 Å². The summed E-state index contributed by atoms with van der Waals surface area (Å²) < 4.78 is 4.95. The number of benzene rings is 1. The molecule has 2 heterocycles. The van der Waals surface area contributed by atoms with Crippen LogP contribution in [0.2, 0.25) is 0 Å². The first kappa shape index (κ1) is 17.9. The molecule has 1 unspecified atom stereocenters. The lowest BCUT2D eigenvalue weighted by Crippen LogP contribution is -2.36. The lowest BCUT2D eigenvalue weighted by atomic mass is 10.1. The second-order valence-corrected chi connectivity index (χ2v) is 6.18. The first-order valence-corrected chi connectivity index (χ1v) is 8.19. The van der Waals surface area contributed by atoms with Crippen molar-refractivity contribution in [2.45, 2.75) is 20.0 Å². The number of rotatable bonds is 4. The highest BCUT2D eigenvalue weighted by atomic mass is 16.6. The molecule has 0 bridgehead atoms. The molecule has 1 atom stereocenters. The summed E-state index contributed by atoms with van der Waals surface area (Å²) in [5.74, 6) is -0.499. The average Bonchev–Trinajstić information content (AvgIpc) is 3.09. The summed E-state index contributed by atoms with van der Waals surface area (Å²) in [5.41, 5.74) is 4.20. The van der Waals surface area contributed by atoms with Crippen LogP contribution in [0.25, 0.3) is 11.6 Å². The second kappa shape index (κ2) is 7.15. The number of aryl methyl sites for hydroxylation is 2. The zero-order valence-corrected chi connectivity index (χ0v) is 14.5. The SMILES string of the molecule is Cc1cc(C)c(C=C2C(=O)N(C(=O)OCC(O)CO)c3ccccc32)[nH]1. The van der Waals surface area contributed by atoms with Crippen LogP contribution in [-0.4, -0.2) is 46.5 Å². The van der Waals surface area contributed by atoms with Gasteiger partial charge in [-0.3, -0.25) is 4.79 Å². The second-order valence-electron chi connectivity index (χ2n) is 6.18. The molecule has 0 saturated heterocycles. The van der Waals surface area contributed by atoms with Gasteiger partial charge in [0.05, 0.1) is 17.9 Å². The van der Waals surface area contributed by atoms with E-state index in [-0.39, 0.29) is 0 Å². The number of aliphatic hydroxyl groups excluding tert-OH is 2. The van der Waals surface area contributed by atoms with Crippen molar-refractivity contribution in [3.63, 3.8) is 0 Å². The van der Waals surface area contributed by atoms with E-state index in [0.29, 0.717) is 16.8 Å². The topological polar surface area (TPSA) is 103 Å². The Labute approximate surface area is 150 Å². The van der Waals surface area contributed by atoms with E-state index in [4.69, 9.17) is 9.84 Å². The Balaban J connectivity index is 1.96. The Morgan fingerprint density at radius 3 is 2.73 bits per heavy atom. The van der Waals surface area contributed by atoms with E-state index in [9.17, 15) is 14.7 Å². The lowest BCUT2D eigenvalue weighted by molar-refractivity contribution is -0.112. The molecule has 1 aliphatic rings. The van der Waals surface area contributed by atoms with Crippen LogP contribution >= 0.6 is 0 Å². The van der Waals surface area contributed by atoms with Crippen LogP contribution in [0.5, 0.6) is 0 Å². The lowest BCUT2D eigenvalue weighted by Gasteiger charge is -2.16. The van der Waals surface area contributed by atoms with Crippen molar-refractivity contribution < 1.29 is 24.5 Å². The third kappa shape index (κ3) is 3.26. The number of anilines is 1. The van der Waals surface area contributed by atoms with Crippen LogP contribution in [-0.2, 0) is 9.53 Å². The van der Waals surface area contributed by atoms with Gasteiger partial charge in [-0.25, -0.2) is 9.69 Å².